The lowest BCUT2D eigenvalue weighted by atomic mass is 10.1. The van der Waals surface area contributed by atoms with Gasteiger partial charge in [-0.2, -0.15) is 0 Å². The fraction of sp³-hybridized carbons (Fsp3) is 0.409. The summed E-state index contributed by atoms with van der Waals surface area (Å²) in [5, 5.41) is 3.04. The van der Waals surface area contributed by atoms with Gasteiger partial charge in [-0.15, -0.1) is 0 Å². The van der Waals surface area contributed by atoms with E-state index in [1.54, 1.807) is 7.11 Å². The molecule has 0 bridgehead atoms. The highest BCUT2D eigenvalue weighted by Gasteiger charge is 2.19. The lowest BCUT2D eigenvalue weighted by molar-refractivity contribution is -0.120. The number of aryl methyl sites for hydroxylation is 2. The van der Waals surface area contributed by atoms with Crippen LogP contribution in [0.25, 0.3) is 0 Å². The quantitative estimate of drug-likeness (QED) is 0.758. The first kappa shape index (κ1) is 20.8. The number of nitrogens with one attached hydrogen (secondary N) is 1. The minimum absolute atomic E-state index is 0.0240. The van der Waals surface area contributed by atoms with E-state index in [9.17, 15) is 4.79 Å². The van der Waals surface area contributed by atoms with Crippen molar-refractivity contribution in [2.45, 2.75) is 40.3 Å². The Morgan fingerprint density at radius 2 is 1.89 bits per heavy atom. The van der Waals surface area contributed by atoms with Crippen molar-refractivity contribution in [2.24, 2.45) is 0 Å². The normalized spacial score (nSPS) is 12.0. The van der Waals surface area contributed by atoms with Crippen LogP contribution in [0, 0.1) is 13.8 Å². The molecule has 2 aromatic rings. The van der Waals surface area contributed by atoms with Crippen LogP contribution in [0.2, 0.25) is 0 Å². The Balaban J connectivity index is 2.05. The van der Waals surface area contributed by atoms with Crippen molar-refractivity contribution in [1.29, 1.82) is 0 Å². The molecular weight excluding hydrogens is 340 g/mol. The number of hydrogen-bond acceptors (Lipinski definition) is 4. The first-order valence-electron chi connectivity index (χ1n) is 9.23. The maximum absolute atomic E-state index is 12.7. The van der Waals surface area contributed by atoms with Gasteiger partial charge < -0.3 is 14.8 Å². The van der Waals surface area contributed by atoms with Crippen LogP contribution in [-0.4, -0.2) is 37.6 Å². The van der Waals surface area contributed by atoms with Crippen LogP contribution in [0.1, 0.15) is 30.5 Å². The molecule has 0 saturated carbocycles. The van der Waals surface area contributed by atoms with Gasteiger partial charge in [0.15, 0.2) is 11.5 Å². The van der Waals surface area contributed by atoms with Gasteiger partial charge in [0.1, 0.15) is 0 Å². The van der Waals surface area contributed by atoms with Crippen LogP contribution < -0.4 is 14.8 Å². The second-order valence-corrected chi connectivity index (χ2v) is 6.82. The van der Waals surface area contributed by atoms with Gasteiger partial charge in [0, 0.05) is 12.2 Å². The summed E-state index contributed by atoms with van der Waals surface area (Å²) < 4.78 is 11.0. The van der Waals surface area contributed by atoms with Gasteiger partial charge in [-0.05, 0) is 69.6 Å². The lowest BCUT2D eigenvalue weighted by Crippen LogP contribution is -2.39. The van der Waals surface area contributed by atoms with Crippen molar-refractivity contribution >= 4 is 11.6 Å². The molecule has 0 aliphatic heterocycles. The van der Waals surface area contributed by atoms with Gasteiger partial charge in [0.2, 0.25) is 5.91 Å². The van der Waals surface area contributed by atoms with Crippen LogP contribution in [-0.2, 0) is 11.3 Å². The third-order valence-corrected chi connectivity index (χ3v) is 4.65. The number of rotatable bonds is 8. The molecule has 0 heterocycles. The number of ether oxygens (including phenoxy) is 2. The van der Waals surface area contributed by atoms with Crippen molar-refractivity contribution < 1.29 is 14.3 Å². The van der Waals surface area contributed by atoms with Crippen LogP contribution in [0.4, 0.5) is 5.69 Å². The maximum atomic E-state index is 12.7. The number of carbonyl (C=O) groups is 1. The summed E-state index contributed by atoms with van der Waals surface area (Å²) in [7, 11) is 3.57. The Hall–Kier alpha value is -2.53. The minimum atomic E-state index is -0.275. The average Bonchev–Trinajstić information content (AvgIpc) is 2.65. The van der Waals surface area contributed by atoms with Crippen molar-refractivity contribution in [3.63, 3.8) is 0 Å². The van der Waals surface area contributed by atoms with Gasteiger partial charge in [0.25, 0.3) is 0 Å². The lowest BCUT2D eigenvalue weighted by Gasteiger charge is -2.24. The predicted octanol–water partition coefficient (Wildman–Crippen LogP) is 4.17. The molecule has 27 heavy (non-hydrogen) atoms. The van der Waals surface area contributed by atoms with E-state index in [2.05, 4.69) is 5.32 Å². The number of benzene rings is 2. The Bertz CT molecular complexity index is 789. The molecular formula is C22H30N2O3. The van der Waals surface area contributed by atoms with Crippen LogP contribution >= 0.6 is 0 Å². The molecule has 0 fully saturated rings. The number of nitrogens with zero attached hydrogens (tertiary/aromatic N) is 1. The molecule has 0 aromatic heterocycles. The Morgan fingerprint density at radius 1 is 1.15 bits per heavy atom. The third-order valence-electron chi connectivity index (χ3n) is 4.65. The summed E-state index contributed by atoms with van der Waals surface area (Å²) in [6.45, 7) is 9.08. The Morgan fingerprint density at radius 3 is 2.56 bits per heavy atom. The molecule has 0 unspecified atom stereocenters. The van der Waals surface area contributed by atoms with Crippen LogP contribution in [0.3, 0.4) is 0 Å². The highest BCUT2D eigenvalue weighted by Crippen LogP contribution is 2.28. The van der Waals surface area contributed by atoms with Crippen molar-refractivity contribution in [1.82, 2.24) is 4.90 Å². The van der Waals surface area contributed by atoms with Crippen molar-refractivity contribution in [3.05, 3.63) is 53.1 Å². The molecule has 0 saturated heterocycles. The van der Waals surface area contributed by atoms with Crippen LogP contribution in [0.15, 0.2) is 36.4 Å². The molecule has 0 radical (unpaired) electrons. The smallest absolute Gasteiger partial charge is 0.241 e. The topological polar surface area (TPSA) is 50.8 Å². The van der Waals surface area contributed by atoms with E-state index in [-0.39, 0.29) is 11.9 Å². The number of methoxy groups -OCH3 is 1. The van der Waals surface area contributed by atoms with E-state index in [1.165, 1.54) is 0 Å². The fourth-order valence-electron chi connectivity index (χ4n) is 2.82. The first-order chi connectivity index (χ1) is 12.8. The fourth-order valence-corrected chi connectivity index (χ4v) is 2.82. The summed E-state index contributed by atoms with van der Waals surface area (Å²) >= 11 is 0. The Labute approximate surface area is 162 Å². The van der Waals surface area contributed by atoms with E-state index in [1.807, 2.05) is 76.0 Å². The van der Waals surface area contributed by atoms with E-state index in [0.717, 1.165) is 28.1 Å². The zero-order chi connectivity index (χ0) is 20.0. The molecule has 5 nitrogen and oxygen atoms in total. The molecule has 0 aliphatic rings. The monoisotopic (exact) mass is 370 g/mol. The molecule has 5 heteroatoms. The molecule has 146 valence electrons. The number of likely N-dealkylation sites (N-methyl/N-ethyl adjacent to an activating group) is 1. The average molecular weight is 370 g/mol. The second-order valence-electron chi connectivity index (χ2n) is 6.82. The molecule has 1 N–H and O–H groups in total. The van der Waals surface area contributed by atoms with E-state index in [0.29, 0.717) is 18.9 Å². The highest BCUT2D eigenvalue weighted by atomic mass is 16.5. The van der Waals surface area contributed by atoms with E-state index in [4.69, 9.17) is 9.47 Å². The number of amides is 1. The van der Waals surface area contributed by atoms with Crippen molar-refractivity contribution in [2.75, 3.05) is 26.1 Å². The summed E-state index contributed by atoms with van der Waals surface area (Å²) in [6.07, 6.45) is 0. The number of hydrogen-bond donors (Lipinski definition) is 1. The highest BCUT2D eigenvalue weighted by molar-refractivity contribution is 5.95. The van der Waals surface area contributed by atoms with Crippen molar-refractivity contribution in [3.8, 4) is 11.5 Å². The third kappa shape index (κ3) is 5.47. The SMILES string of the molecule is CCOc1ccc(CN(C)[C@@H](C)C(=O)Nc2cc(C)ccc2C)cc1OC. The zero-order valence-electron chi connectivity index (χ0n) is 17.1. The van der Waals surface area contributed by atoms with Gasteiger partial charge in [-0.1, -0.05) is 18.2 Å². The molecule has 1 atom stereocenters. The first-order valence-corrected chi connectivity index (χ1v) is 9.23. The number of anilines is 1. The second kappa shape index (κ2) is 9.42. The predicted molar refractivity (Wildman–Crippen MR) is 110 cm³/mol. The summed E-state index contributed by atoms with van der Waals surface area (Å²) in [5.41, 5.74) is 4.10. The molecule has 1 amide bonds. The summed E-state index contributed by atoms with van der Waals surface area (Å²) in [4.78, 5) is 14.7. The minimum Gasteiger partial charge on any atom is -0.493 e. The van der Waals surface area contributed by atoms with Gasteiger partial charge >= 0.3 is 0 Å². The van der Waals surface area contributed by atoms with E-state index < -0.39 is 0 Å². The molecule has 2 rings (SSSR count). The summed E-state index contributed by atoms with van der Waals surface area (Å²) in [6, 6.07) is 11.6. The number of carbonyl (C=O) groups excluding carboxylic acids is 1. The standard InChI is InChI=1S/C22H30N2O3/c1-7-27-20-11-10-18(13-21(20)26-6)14-24(5)17(4)22(25)23-19-12-15(2)8-9-16(19)3/h8-13,17H,7,14H2,1-6H3,(H,23,25)/t17-/m0/s1. The molecule has 0 aliphatic carbocycles. The van der Waals surface area contributed by atoms with Gasteiger partial charge in [-0.25, -0.2) is 0 Å². The maximum Gasteiger partial charge on any atom is 0.241 e. The van der Waals surface area contributed by atoms with Gasteiger partial charge in [-0.3, -0.25) is 9.69 Å². The summed E-state index contributed by atoms with van der Waals surface area (Å²) in [5.74, 6) is 1.41. The Kier molecular flexibility index (Phi) is 7.25. The van der Waals surface area contributed by atoms with E-state index >= 15 is 0 Å². The molecule has 2 aromatic carbocycles. The zero-order valence-corrected chi connectivity index (χ0v) is 17.1. The molecule has 0 spiro atoms. The largest absolute Gasteiger partial charge is 0.493 e. The van der Waals surface area contributed by atoms with Gasteiger partial charge in [0.05, 0.1) is 19.8 Å². The van der Waals surface area contributed by atoms with Crippen LogP contribution in [0.5, 0.6) is 11.5 Å².